The lowest BCUT2D eigenvalue weighted by molar-refractivity contribution is 0.0953. The Morgan fingerprint density at radius 3 is 2.47 bits per heavy atom. The smallest absolute Gasteiger partial charge is 0.251 e. The zero-order valence-corrected chi connectivity index (χ0v) is 12.3. The van der Waals surface area contributed by atoms with Crippen molar-refractivity contribution in [3.63, 3.8) is 0 Å². The normalized spacial score (nSPS) is 11.3. The van der Waals surface area contributed by atoms with Crippen molar-refractivity contribution >= 4 is 15.9 Å². The van der Waals surface area contributed by atoms with Crippen molar-refractivity contribution in [3.8, 4) is 0 Å². The SMILES string of the molecule is Cc1ccc(C(=O)NCCCNS(C)(=O)=O)c(C)c1. The minimum atomic E-state index is -3.15. The molecule has 0 atom stereocenters. The minimum absolute atomic E-state index is 0.128. The molecular weight excluding hydrogens is 264 g/mol. The average molecular weight is 284 g/mol. The van der Waals surface area contributed by atoms with Crippen LogP contribution in [0, 0.1) is 13.8 Å². The molecule has 6 heteroatoms. The molecule has 0 aliphatic heterocycles. The van der Waals surface area contributed by atoms with Gasteiger partial charge in [0.2, 0.25) is 10.0 Å². The van der Waals surface area contributed by atoms with Crippen LogP contribution in [0.5, 0.6) is 0 Å². The maximum absolute atomic E-state index is 11.9. The van der Waals surface area contributed by atoms with E-state index < -0.39 is 10.0 Å². The first-order valence-electron chi connectivity index (χ1n) is 6.09. The highest BCUT2D eigenvalue weighted by atomic mass is 32.2. The fraction of sp³-hybridized carbons (Fsp3) is 0.462. The molecule has 1 amide bonds. The van der Waals surface area contributed by atoms with Crippen molar-refractivity contribution in [3.05, 3.63) is 34.9 Å². The molecule has 0 unspecified atom stereocenters. The van der Waals surface area contributed by atoms with Gasteiger partial charge in [-0.05, 0) is 31.9 Å². The highest BCUT2D eigenvalue weighted by Gasteiger charge is 2.08. The molecular formula is C13H20N2O3S. The van der Waals surface area contributed by atoms with Crippen LogP contribution in [0.2, 0.25) is 0 Å². The van der Waals surface area contributed by atoms with Gasteiger partial charge in [0, 0.05) is 18.7 Å². The van der Waals surface area contributed by atoms with Crippen LogP contribution in [0.3, 0.4) is 0 Å². The summed E-state index contributed by atoms with van der Waals surface area (Å²) in [4.78, 5) is 11.9. The van der Waals surface area contributed by atoms with E-state index in [0.29, 0.717) is 25.1 Å². The molecule has 1 rings (SSSR count). The summed E-state index contributed by atoms with van der Waals surface area (Å²) in [6.07, 6.45) is 1.67. The first kappa shape index (κ1) is 15.7. The van der Waals surface area contributed by atoms with E-state index in [-0.39, 0.29) is 5.91 Å². The van der Waals surface area contributed by atoms with Crippen molar-refractivity contribution < 1.29 is 13.2 Å². The molecule has 0 aliphatic rings. The third kappa shape index (κ3) is 5.85. The monoisotopic (exact) mass is 284 g/mol. The van der Waals surface area contributed by atoms with Crippen LogP contribution in [0.15, 0.2) is 18.2 Å². The number of sulfonamides is 1. The van der Waals surface area contributed by atoms with Gasteiger partial charge in [0.15, 0.2) is 0 Å². The van der Waals surface area contributed by atoms with Crippen molar-refractivity contribution in [2.75, 3.05) is 19.3 Å². The third-order valence-electron chi connectivity index (χ3n) is 2.63. The number of hydrogen-bond acceptors (Lipinski definition) is 3. The number of rotatable bonds is 6. The van der Waals surface area contributed by atoms with Crippen LogP contribution in [0.4, 0.5) is 0 Å². The van der Waals surface area contributed by atoms with Gasteiger partial charge >= 0.3 is 0 Å². The van der Waals surface area contributed by atoms with Gasteiger partial charge in [0.05, 0.1) is 6.26 Å². The first-order chi connectivity index (χ1) is 8.79. The summed E-state index contributed by atoms with van der Waals surface area (Å²) in [5, 5.41) is 2.77. The number of benzene rings is 1. The summed E-state index contributed by atoms with van der Waals surface area (Å²) in [6, 6.07) is 5.65. The maximum atomic E-state index is 11.9. The van der Waals surface area contributed by atoms with Crippen LogP contribution in [0.1, 0.15) is 27.9 Å². The lowest BCUT2D eigenvalue weighted by Gasteiger charge is -2.08. The van der Waals surface area contributed by atoms with Gasteiger partial charge in [-0.2, -0.15) is 0 Å². The summed E-state index contributed by atoms with van der Waals surface area (Å²) in [7, 11) is -3.15. The number of amides is 1. The zero-order chi connectivity index (χ0) is 14.5. The Hall–Kier alpha value is -1.40. The van der Waals surface area contributed by atoms with Gasteiger partial charge in [-0.1, -0.05) is 17.7 Å². The molecule has 0 bridgehead atoms. The predicted molar refractivity (Wildman–Crippen MR) is 75.7 cm³/mol. The quantitative estimate of drug-likeness (QED) is 0.764. The highest BCUT2D eigenvalue weighted by molar-refractivity contribution is 7.88. The van der Waals surface area contributed by atoms with E-state index in [1.807, 2.05) is 26.0 Å². The first-order valence-corrected chi connectivity index (χ1v) is 7.99. The highest BCUT2D eigenvalue weighted by Crippen LogP contribution is 2.10. The van der Waals surface area contributed by atoms with E-state index in [1.54, 1.807) is 6.07 Å². The molecule has 1 aromatic rings. The van der Waals surface area contributed by atoms with E-state index in [9.17, 15) is 13.2 Å². The molecule has 0 radical (unpaired) electrons. The van der Waals surface area contributed by atoms with Crippen LogP contribution < -0.4 is 10.0 Å². The summed E-state index contributed by atoms with van der Waals surface area (Å²) in [5.41, 5.74) is 2.71. The van der Waals surface area contributed by atoms with Crippen molar-refractivity contribution in [1.82, 2.24) is 10.0 Å². The molecule has 19 heavy (non-hydrogen) atoms. The lowest BCUT2D eigenvalue weighted by Crippen LogP contribution is -2.29. The Bertz CT molecular complexity index is 553. The molecule has 0 aromatic heterocycles. The van der Waals surface area contributed by atoms with Gasteiger partial charge in [-0.25, -0.2) is 13.1 Å². The van der Waals surface area contributed by atoms with Gasteiger partial charge in [-0.3, -0.25) is 4.79 Å². The zero-order valence-electron chi connectivity index (χ0n) is 11.5. The van der Waals surface area contributed by atoms with E-state index >= 15 is 0 Å². The fourth-order valence-electron chi connectivity index (χ4n) is 1.71. The second-order valence-electron chi connectivity index (χ2n) is 4.59. The fourth-order valence-corrected chi connectivity index (χ4v) is 2.23. The maximum Gasteiger partial charge on any atom is 0.251 e. The number of carbonyl (C=O) groups is 1. The van der Waals surface area contributed by atoms with E-state index in [2.05, 4.69) is 10.0 Å². The Kier molecular flexibility index (Phi) is 5.50. The van der Waals surface area contributed by atoms with E-state index in [4.69, 9.17) is 0 Å². The molecule has 1 aromatic carbocycles. The Balaban J connectivity index is 2.39. The number of nitrogens with one attached hydrogen (secondary N) is 2. The molecule has 0 fully saturated rings. The minimum Gasteiger partial charge on any atom is -0.352 e. The molecule has 106 valence electrons. The molecule has 5 nitrogen and oxygen atoms in total. The Morgan fingerprint density at radius 2 is 1.89 bits per heavy atom. The molecule has 0 aliphatic carbocycles. The topological polar surface area (TPSA) is 75.3 Å². The molecule has 0 spiro atoms. The lowest BCUT2D eigenvalue weighted by atomic mass is 10.1. The average Bonchev–Trinajstić information content (AvgIpc) is 2.26. The van der Waals surface area contributed by atoms with Crippen molar-refractivity contribution in [2.24, 2.45) is 0 Å². The van der Waals surface area contributed by atoms with Crippen molar-refractivity contribution in [1.29, 1.82) is 0 Å². The Labute approximate surface area is 114 Å². The van der Waals surface area contributed by atoms with Crippen LogP contribution in [-0.4, -0.2) is 33.7 Å². The largest absolute Gasteiger partial charge is 0.352 e. The molecule has 0 saturated heterocycles. The number of hydrogen-bond donors (Lipinski definition) is 2. The van der Waals surface area contributed by atoms with E-state index in [0.717, 1.165) is 17.4 Å². The third-order valence-corrected chi connectivity index (χ3v) is 3.36. The van der Waals surface area contributed by atoms with Gasteiger partial charge in [0.25, 0.3) is 5.91 Å². The van der Waals surface area contributed by atoms with Crippen molar-refractivity contribution in [2.45, 2.75) is 20.3 Å². The van der Waals surface area contributed by atoms with Gasteiger partial charge in [-0.15, -0.1) is 0 Å². The summed E-state index contributed by atoms with van der Waals surface area (Å²) in [5.74, 6) is -0.128. The predicted octanol–water partition coefficient (Wildman–Crippen LogP) is 0.973. The van der Waals surface area contributed by atoms with Gasteiger partial charge in [0.1, 0.15) is 0 Å². The van der Waals surface area contributed by atoms with Crippen LogP contribution in [-0.2, 0) is 10.0 Å². The molecule has 0 heterocycles. The number of carbonyl (C=O) groups excluding carboxylic acids is 1. The summed E-state index contributed by atoms with van der Waals surface area (Å²) in [6.45, 7) is 4.64. The summed E-state index contributed by atoms with van der Waals surface area (Å²) < 4.78 is 24.0. The Morgan fingerprint density at radius 1 is 1.21 bits per heavy atom. The standard InChI is InChI=1S/C13H20N2O3S/c1-10-5-6-12(11(2)9-10)13(16)14-7-4-8-15-19(3,17)18/h5-6,9,15H,4,7-8H2,1-3H3,(H,14,16). The second kappa shape index (κ2) is 6.68. The second-order valence-corrected chi connectivity index (χ2v) is 6.43. The van der Waals surface area contributed by atoms with Crippen LogP contribution in [0.25, 0.3) is 0 Å². The van der Waals surface area contributed by atoms with Gasteiger partial charge < -0.3 is 5.32 Å². The number of aryl methyl sites for hydroxylation is 2. The van der Waals surface area contributed by atoms with E-state index in [1.165, 1.54) is 0 Å². The summed E-state index contributed by atoms with van der Waals surface area (Å²) >= 11 is 0. The molecule has 0 saturated carbocycles. The molecule has 2 N–H and O–H groups in total. The van der Waals surface area contributed by atoms with Crippen LogP contribution >= 0.6 is 0 Å².